The summed E-state index contributed by atoms with van der Waals surface area (Å²) in [6, 6.07) is 5.06. The van der Waals surface area contributed by atoms with Gasteiger partial charge in [0, 0.05) is 12.2 Å². The lowest BCUT2D eigenvalue weighted by molar-refractivity contribution is 0.0637. The van der Waals surface area contributed by atoms with E-state index in [-0.39, 0.29) is 11.0 Å². The number of nitrogens with two attached hydrogens (primary N) is 1. The first-order valence-corrected chi connectivity index (χ1v) is 7.94. The lowest BCUT2D eigenvalue weighted by atomic mass is 10.1. The van der Waals surface area contributed by atoms with Crippen LogP contribution in [0.1, 0.15) is 25.3 Å². The van der Waals surface area contributed by atoms with Gasteiger partial charge in [-0.3, -0.25) is 0 Å². The first kappa shape index (κ1) is 14.3. The molecule has 2 unspecified atom stereocenters. The van der Waals surface area contributed by atoms with E-state index in [0.717, 1.165) is 18.5 Å². The highest BCUT2D eigenvalue weighted by atomic mass is 32.2. The molecule has 1 heterocycles. The number of primary sulfonamides is 1. The third kappa shape index (κ3) is 3.46. The van der Waals surface area contributed by atoms with Gasteiger partial charge in [-0.15, -0.1) is 0 Å². The van der Waals surface area contributed by atoms with Gasteiger partial charge in [0.05, 0.1) is 17.1 Å². The summed E-state index contributed by atoms with van der Waals surface area (Å²) in [6.07, 6.45) is 2.60. The third-order valence-corrected chi connectivity index (χ3v) is 4.49. The van der Waals surface area contributed by atoms with Crippen LogP contribution in [-0.4, -0.2) is 27.2 Å². The summed E-state index contributed by atoms with van der Waals surface area (Å²) in [5.74, 6) is 0. The molecule has 2 rings (SSSR count). The fraction of sp³-hybridized carbons (Fsp3) is 0.538. The Kier molecular flexibility index (Phi) is 4.13. The van der Waals surface area contributed by atoms with Gasteiger partial charge in [0.1, 0.15) is 0 Å². The molecule has 0 spiro atoms. The van der Waals surface area contributed by atoms with Crippen LogP contribution >= 0.6 is 0 Å². The smallest absolute Gasteiger partial charge is 0.238 e. The van der Waals surface area contributed by atoms with Gasteiger partial charge in [0.25, 0.3) is 0 Å². The molecule has 1 aromatic carbocycles. The van der Waals surface area contributed by atoms with E-state index in [0.29, 0.717) is 18.2 Å². The number of sulfonamides is 1. The predicted molar refractivity (Wildman–Crippen MR) is 74.6 cm³/mol. The molecule has 0 amide bonds. The minimum Gasteiger partial charge on any atom is -0.382 e. The van der Waals surface area contributed by atoms with E-state index in [1.807, 2.05) is 6.07 Å². The SMILES string of the molecule is Cc1c(NCC2CCC(C)O2)cccc1S(N)(=O)=O. The van der Waals surface area contributed by atoms with Gasteiger partial charge >= 0.3 is 0 Å². The lowest BCUT2D eigenvalue weighted by Crippen LogP contribution is -2.21. The van der Waals surface area contributed by atoms with E-state index in [9.17, 15) is 8.42 Å². The summed E-state index contributed by atoms with van der Waals surface area (Å²) in [5, 5.41) is 8.43. The molecule has 1 fully saturated rings. The van der Waals surface area contributed by atoms with E-state index in [2.05, 4.69) is 12.2 Å². The fourth-order valence-electron chi connectivity index (χ4n) is 2.37. The van der Waals surface area contributed by atoms with Crippen LogP contribution in [0, 0.1) is 6.92 Å². The van der Waals surface area contributed by atoms with Gasteiger partial charge in [-0.05, 0) is 44.4 Å². The maximum Gasteiger partial charge on any atom is 0.238 e. The first-order chi connectivity index (χ1) is 8.88. The maximum absolute atomic E-state index is 11.4. The van der Waals surface area contributed by atoms with Crippen LogP contribution < -0.4 is 10.5 Å². The zero-order chi connectivity index (χ0) is 14.0. The molecule has 1 aromatic rings. The zero-order valence-electron chi connectivity index (χ0n) is 11.2. The summed E-state index contributed by atoms with van der Waals surface area (Å²) >= 11 is 0. The van der Waals surface area contributed by atoms with Crippen LogP contribution in [0.2, 0.25) is 0 Å². The molecule has 1 aliphatic rings. The predicted octanol–water partition coefficient (Wildman–Crippen LogP) is 1.62. The van der Waals surface area contributed by atoms with Crippen molar-refractivity contribution in [2.24, 2.45) is 5.14 Å². The summed E-state index contributed by atoms with van der Waals surface area (Å²) in [4.78, 5) is 0.165. The number of nitrogens with one attached hydrogen (secondary N) is 1. The van der Waals surface area contributed by atoms with Gasteiger partial charge in [0.15, 0.2) is 0 Å². The molecule has 2 atom stereocenters. The van der Waals surface area contributed by atoms with Crippen LogP contribution in [0.5, 0.6) is 0 Å². The van der Waals surface area contributed by atoms with Crippen LogP contribution in [-0.2, 0) is 14.8 Å². The Labute approximate surface area is 114 Å². The van der Waals surface area contributed by atoms with Crippen molar-refractivity contribution in [1.82, 2.24) is 0 Å². The number of hydrogen-bond acceptors (Lipinski definition) is 4. The average molecular weight is 284 g/mol. The largest absolute Gasteiger partial charge is 0.382 e. The highest BCUT2D eigenvalue weighted by Gasteiger charge is 2.22. The minimum atomic E-state index is -3.67. The monoisotopic (exact) mass is 284 g/mol. The molecule has 19 heavy (non-hydrogen) atoms. The van der Waals surface area contributed by atoms with Crippen molar-refractivity contribution in [2.75, 3.05) is 11.9 Å². The molecule has 3 N–H and O–H groups in total. The Morgan fingerprint density at radius 1 is 1.42 bits per heavy atom. The quantitative estimate of drug-likeness (QED) is 0.880. The van der Waals surface area contributed by atoms with E-state index in [4.69, 9.17) is 9.88 Å². The Bertz CT molecular complexity index is 557. The zero-order valence-corrected chi connectivity index (χ0v) is 12.0. The lowest BCUT2D eigenvalue weighted by Gasteiger charge is -2.16. The first-order valence-electron chi connectivity index (χ1n) is 6.39. The molecule has 5 nitrogen and oxygen atoms in total. The molecule has 0 aliphatic carbocycles. The number of rotatable bonds is 4. The van der Waals surface area contributed by atoms with E-state index >= 15 is 0 Å². The van der Waals surface area contributed by atoms with Crippen molar-refractivity contribution in [3.8, 4) is 0 Å². The summed E-state index contributed by atoms with van der Waals surface area (Å²) in [6.45, 7) is 4.49. The standard InChI is InChI=1S/C13H20N2O3S/c1-9-6-7-11(18-9)8-15-12-4-3-5-13(10(12)2)19(14,16)17/h3-5,9,11,15H,6-8H2,1-2H3,(H2,14,16,17). The molecule has 0 aromatic heterocycles. The normalized spacial score (nSPS) is 23.5. The number of benzene rings is 1. The van der Waals surface area contributed by atoms with Crippen molar-refractivity contribution in [1.29, 1.82) is 0 Å². The minimum absolute atomic E-state index is 0.165. The molecular weight excluding hydrogens is 264 g/mol. The second-order valence-electron chi connectivity index (χ2n) is 5.00. The number of anilines is 1. The third-order valence-electron chi connectivity index (χ3n) is 3.43. The fourth-order valence-corrected chi connectivity index (χ4v) is 3.18. The highest BCUT2D eigenvalue weighted by Crippen LogP contribution is 2.24. The Balaban J connectivity index is 2.09. The van der Waals surface area contributed by atoms with Crippen LogP contribution in [0.15, 0.2) is 23.1 Å². The van der Waals surface area contributed by atoms with Gasteiger partial charge in [-0.1, -0.05) is 6.07 Å². The average Bonchev–Trinajstić information content (AvgIpc) is 2.72. The van der Waals surface area contributed by atoms with Crippen molar-refractivity contribution >= 4 is 15.7 Å². The Morgan fingerprint density at radius 2 is 2.16 bits per heavy atom. The van der Waals surface area contributed by atoms with E-state index in [1.54, 1.807) is 13.0 Å². The molecule has 0 radical (unpaired) electrons. The summed E-state index contributed by atoms with van der Waals surface area (Å²) < 4.78 is 28.6. The molecular formula is C13H20N2O3S. The highest BCUT2D eigenvalue weighted by molar-refractivity contribution is 7.89. The van der Waals surface area contributed by atoms with Crippen molar-refractivity contribution in [3.05, 3.63) is 23.8 Å². The maximum atomic E-state index is 11.4. The van der Waals surface area contributed by atoms with E-state index < -0.39 is 10.0 Å². The second-order valence-corrected chi connectivity index (χ2v) is 6.53. The molecule has 6 heteroatoms. The molecule has 0 saturated carbocycles. The van der Waals surface area contributed by atoms with Crippen molar-refractivity contribution in [3.63, 3.8) is 0 Å². The molecule has 1 aliphatic heterocycles. The topological polar surface area (TPSA) is 81.4 Å². The number of hydrogen-bond donors (Lipinski definition) is 2. The van der Waals surface area contributed by atoms with Gasteiger partial charge in [-0.2, -0.15) is 0 Å². The van der Waals surface area contributed by atoms with Crippen LogP contribution in [0.3, 0.4) is 0 Å². The van der Waals surface area contributed by atoms with Crippen molar-refractivity contribution in [2.45, 2.75) is 43.8 Å². The van der Waals surface area contributed by atoms with Gasteiger partial charge < -0.3 is 10.1 Å². The van der Waals surface area contributed by atoms with Crippen LogP contribution in [0.25, 0.3) is 0 Å². The molecule has 0 bridgehead atoms. The summed E-state index contributed by atoms with van der Waals surface area (Å²) in [5.41, 5.74) is 1.44. The second kappa shape index (κ2) is 5.48. The number of ether oxygens (including phenoxy) is 1. The van der Waals surface area contributed by atoms with Gasteiger partial charge in [-0.25, -0.2) is 13.6 Å². The van der Waals surface area contributed by atoms with Crippen LogP contribution in [0.4, 0.5) is 5.69 Å². The Hall–Kier alpha value is -1.11. The van der Waals surface area contributed by atoms with Crippen molar-refractivity contribution < 1.29 is 13.2 Å². The van der Waals surface area contributed by atoms with Gasteiger partial charge in [0.2, 0.25) is 10.0 Å². The summed E-state index contributed by atoms with van der Waals surface area (Å²) in [7, 11) is -3.67. The van der Waals surface area contributed by atoms with E-state index in [1.165, 1.54) is 6.07 Å². The molecule has 106 valence electrons. The Morgan fingerprint density at radius 3 is 2.74 bits per heavy atom. The molecule has 1 saturated heterocycles.